The summed E-state index contributed by atoms with van der Waals surface area (Å²) >= 11 is 0. The smallest absolute Gasteiger partial charge is 0.128 e. The lowest BCUT2D eigenvalue weighted by molar-refractivity contribution is -0.0694. The van der Waals surface area contributed by atoms with Crippen molar-refractivity contribution in [3.8, 4) is 0 Å². The second kappa shape index (κ2) is 4.95. The van der Waals surface area contributed by atoms with Crippen molar-refractivity contribution in [3.63, 3.8) is 0 Å². The maximum Gasteiger partial charge on any atom is 0.128 e. The number of aryl methyl sites for hydroxylation is 1. The second-order valence-corrected chi connectivity index (χ2v) is 4.11. The molecule has 0 bridgehead atoms. The third-order valence-electron chi connectivity index (χ3n) is 3.22. The Balaban J connectivity index is 2.28. The molecule has 5 nitrogen and oxygen atoms in total. The molecule has 1 fully saturated rings. The normalized spacial score (nSPS) is 27.2. The monoisotopic (exact) mass is 224 g/mol. The highest BCUT2D eigenvalue weighted by atomic mass is 16.5. The summed E-state index contributed by atoms with van der Waals surface area (Å²) in [7, 11) is 2.01. The Labute approximate surface area is 96.2 Å². The Morgan fingerprint density at radius 3 is 3.00 bits per heavy atom. The molecule has 0 spiro atoms. The lowest BCUT2D eigenvalue weighted by atomic mass is 10.1. The number of hydrogen-bond donors (Lipinski definition) is 1. The first-order chi connectivity index (χ1) is 7.77. The predicted octanol–water partition coefficient (Wildman–Crippen LogP) is 0.141. The van der Waals surface area contributed by atoms with Crippen molar-refractivity contribution < 1.29 is 4.74 Å². The number of likely N-dealkylation sites (N-methyl/N-ethyl adjacent to an activating group) is 1. The van der Waals surface area contributed by atoms with Crippen LogP contribution in [0.25, 0.3) is 0 Å². The first-order valence-corrected chi connectivity index (χ1v) is 5.80. The molecule has 2 N–H and O–H groups in total. The topological polar surface area (TPSA) is 56.3 Å². The first-order valence-electron chi connectivity index (χ1n) is 5.80. The molecule has 1 aliphatic heterocycles. The van der Waals surface area contributed by atoms with Gasteiger partial charge in [-0.15, -0.1) is 0 Å². The van der Waals surface area contributed by atoms with E-state index in [1.807, 2.05) is 24.0 Å². The standard InChI is InChI=1S/C11H20N4O/c1-3-15-6-7-16-9(8-12)10(15)11-13-4-5-14(11)2/h4-5,9-10H,3,6-8,12H2,1-2H3. The zero-order valence-corrected chi connectivity index (χ0v) is 9.97. The summed E-state index contributed by atoms with van der Waals surface area (Å²) in [5, 5.41) is 0. The number of nitrogens with zero attached hydrogens (tertiary/aromatic N) is 3. The van der Waals surface area contributed by atoms with Gasteiger partial charge in [0, 0.05) is 32.5 Å². The van der Waals surface area contributed by atoms with Crippen molar-refractivity contribution in [2.24, 2.45) is 12.8 Å². The van der Waals surface area contributed by atoms with Crippen LogP contribution in [0, 0.1) is 0 Å². The molecule has 1 aliphatic rings. The summed E-state index contributed by atoms with van der Waals surface area (Å²) in [6, 6.07) is 0.184. The molecule has 1 aromatic heterocycles. The van der Waals surface area contributed by atoms with Crippen molar-refractivity contribution in [3.05, 3.63) is 18.2 Å². The molecule has 5 heteroatoms. The molecule has 1 aromatic rings. The number of nitrogens with two attached hydrogens (primary N) is 1. The van der Waals surface area contributed by atoms with Gasteiger partial charge < -0.3 is 15.0 Å². The van der Waals surface area contributed by atoms with Gasteiger partial charge in [-0.25, -0.2) is 4.98 Å². The summed E-state index contributed by atoms with van der Waals surface area (Å²) < 4.78 is 7.78. The van der Waals surface area contributed by atoms with Crippen LogP contribution in [0.3, 0.4) is 0 Å². The van der Waals surface area contributed by atoms with Crippen LogP contribution in [0.4, 0.5) is 0 Å². The highest BCUT2D eigenvalue weighted by Gasteiger charge is 2.34. The van der Waals surface area contributed by atoms with Gasteiger partial charge in [-0.1, -0.05) is 6.92 Å². The molecule has 0 aromatic carbocycles. The quantitative estimate of drug-likeness (QED) is 0.793. The fraction of sp³-hybridized carbons (Fsp3) is 0.727. The lowest BCUT2D eigenvalue weighted by Gasteiger charge is -2.39. The maximum atomic E-state index is 5.78. The largest absolute Gasteiger partial charge is 0.373 e. The summed E-state index contributed by atoms with van der Waals surface area (Å²) in [6.07, 6.45) is 3.84. The van der Waals surface area contributed by atoms with E-state index in [9.17, 15) is 0 Å². The molecule has 0 radical (unpaired) electrons. The van der Waals surface area contributed by atoms with Crippen LogP contribution >= 0.6 is 0 Å². The Kier molecular flexibility index (Phi) is 3.58. The third-order valence-corrected chi connectivity index (χ3v) is 3.22. The SMILES string of the molecule is CCN1CCOC(CN)C1c1nccn1C. The second-order valence-electron chi connectivity index (χ2n) is 4.11. The van der Waals surface area contributed by atoms with Gasteiger partial charge in [0.1, 0.15) is 5.82 Å². The molecule has 2 heterocycles. The van der Waals surface area contributed by atoms with E-state index in [0.717, 1.165) is 25.5 Å². The lowest BCUT2D eigenvalue weighted by Crippen LogP contribution is -2.48. The minimum Gasteiger partial charge on any atom is -0.373 e. The predicted molar refractivity (Wildman–Crippen MR) is 62.0 cm³/mol. The van der Waals surface area contributed by atoms with Gasteiger partial charge in [-0.2, -0.15) is 0 Å². The van der Waals surface area contributed by atoms with Crippen LogP contribution in [0.15, 0.2) is 12.4 Å². The number of hydrogen-bond acceptors (Lipinski definition) is 4. The van der Waals surface area contributed by atoms with Crippen molar-refractivity contribution in [2.75, 3.05) is 26.2 Å². The van der Waals surface area contributed by atoms with E-state index in [0.29, 0.717) is 6.54 Å². The number of aromatic nitrogens is 2. The summed E-state index contributed by atoms with van der Waals surface area (Å²) in [6.45, 7) is 5.40. The van der Waals surface area contributed by atoms with Gasteiger partial charge in [0.05, 0.1) is 18.8 Å². The summed E-state index contributed by atoms with van der Waals surface area (Å²) in [5.41, 5.74) is 5.78. The van der Waals surface area contributed by atoms with Gasteiger partial charge in [0.2, 0.25) is 0 Å². The number of morpholine rings is 1. The third kappa shape index (κ3) is 1.98. The zero-order valence-electron chi connectivity index (χ0n) is 9.97. The van der Waals surface area contributed by atoms with E-state index in [1.54, 1.807) is 0 Å². The number of ether oxygens (including phenoxy) is 1. The van der Waals surface area contributed by atoms with Crippen molar-refractivity contribution >= 4 is 0 Å². The Morgan fingerprint density at radius 1 is 1.62 bits per heavy atom. The van der Waals surface area contributed by atoms with Crippen molar-refractivity contribution in [2.45, 2.75) is 19.1 Å². The van der Waals surface area contributed by atoms with Gasteiger partial charge in [0.25, 0.3) is 0 Å². The van der Waals surface area contributed by atoms with Crippen LogP contribution in [0.2, 0.25) is 0 Å². The molecule has 0 amide bonds. The highest BCUT2D eigenvalue weighted by Crippen LogP contribution is 2.27. The van der Waals surface area contributed by atoms with Crippen LogP contribution < -0.4 is 5.73 Å². The van der Waals surface area contributed by atoms with Crippen LogP contribution in [-0.2, 0) is 11.8 Å². The molecular formula is C11H20N4O. The van der Waals surface area contributed by atoms with Gasteiger partial charge in [-0.3, -0.25) is 4.90 Å². The van der Waals surface area contributed by atoms with E-state index in [1.165, 1.54) is 0 Å². The molecular weight excluding hydrogens is 204 g/mol. The maximum absolute atomic E-state index is 5.78. The molecule has 0 saturated carbocycles. The van der Waals surface area contributed by atoms with E-state index in [-0.39, 0.29) is 12.1 Å². The number of rotatable bonds is 3. The Hall–Kier alpha value is -0.910. The Morgan fingerprint density at radius 2 is 2.44 bits per heavy atom. The Bertz CT molecular complexity index is 326. The van der Waals surface area contributed by atoms with E-state index >= 15 is 0 Å². The fourth-order valence-corrected chi connectivity index (χ4v) is 2.33. The minimum atomic E-state index is 0.0507. The van der Waals surface area contributed by atoms with E-state index < -0.39 is 0 Å². The molecule has 2 rings (SSSR count). The summed E-state index contributed by atoms with van der Waals surface area (Å²) in [5.74, 6) is 1.04. The summed E-state index contributed by atoms with van der Waals surface area (Å²) in [4.78, 5) is 6.80. The van der Waals surface area contributed by atoms with Gasteiger partial charge in [-0.05, 0) is 6.54 Å². The average molecular weight is 224 g/mol. The molecule has 2 unspecified atom stereocenters. The van der Waals surface area contributed by atoms with Gasteiger partial charge >= 0.3 is 0 Å². The van der Waals surface area contributed by atoms with Crippen LogP contribution in [0.5, 0.6) is 0 Å². The molecule has 0 aliphatic carbocycles. The molecule has 1 saturated heterocycles. The van der Waals surface area contributed by atoms with E-state index in [2.05, 4.69) is 16.8 Å². The van der Waals surface area contributed by atoms with Crippen LogP contribution in [0.1, 0.15) is 18.8 Å². The number of imidazole rings is 1. The highest BCUT2D eigenvalue weighted by molar-refractivity contribution is 5.04. The molecule has 2 atom stereocenters. The van der Waals surface area contributed by atoms with Crippen molar-refractivity contribution in [1.82, 2.24) is 14.5 Å². The average Bonchev–Trinajstić information content (AvgIpc) is 2.74. The zero-order chi connectivity index (χ0) is 11.5. The van der Waals surface area contributed by atoms with Crippen LogP contribution in [-0.4, -0.2) is 46.8 Å². The molecule has 16 heavy (non-hydrogen) atoms. The molecule has 90 valence electrons. The van der Waals surface area contributed by atoms with Gasteiger partial charge in [0.15, 0.2) is 0 Å². The minimum absolute atomic E-state index is 0.0507. The fourth-order valence-electron chi connectivity index (χ4n) is 2.33. The van der Waals surface area contributed by atoms with Crippen molar-refractivity contribution in [1.29, 1.82) is 0 Å². The first kappa shape index (κ1) is 11.6. The van der Waals surface area contributed by atoms with E-state index in [4.69, 9.17) is 10.5 Å².